The highest BCUT2D eigenvalue weighted by molar-refractivity contribution is 5.77. The molecule has 0 spiro atoms. The average Bonchev–Trinajstić information content (AvgIpc) is 2.17. The van der Waals surface area contributed by atoms with Crippen molar-refractivity contribution in [1.29, 1.82) is 5.26 Å². The number of nitriles is 1. The van der Waals surface area contributed by atoms with Gasteiger partial charge in [-0.2, -0.15) is 5.26 Å². The zero-order valence-electron chi connectivity index (χ0n) is 7.32. The van der Waals surface area contributed by atoms with E-state index in [4.69, 9.17) is 5.26 Å². The first kappa shape index (κ1) is 9.21. The van der Waals surface area contributed by atoms with Gasteiger partial charge in [-0.05, 0) is 30.2 Å². The summed E-state index contributed by atoms with van der Waals surface area (Å²) in [5.74, 6) is 0. The lowest BCUT2D eigenvalue weighted by Crippen LogP contribution is -1.84. The van der Waals surface area contributed by atoms with Gasteiger partial charge in [-0.3, -0.25) is 4.79 Å². The number of aryl methyl sites for hydroxylation is 1. The number of hydrogen-bond acceptors (Lipinski definition) is 2. The lowest BCUT2D eigenvalue weighted by molar-refractivity contribution is 0.112. The molecule has 0 amide bonds. The summed E-state index contributed by atoms with van der Waals surface area (Å²) in [7, 11) is 0. The number of carbonyl (C=O) groups is 1. The van der Waals surface area contributed by atoms with Crippen LogP contribution in [0.15, 0.2) is 24.3 Å². The Bertz CT molecular complexity index is 386. The molecule has 0 heterocycles. The Labute approximate surface area is 77.1 Å². The molecule has 2 nitrogen and oxygen atoms in total. The summed E-state index contributed by atoms with van der Waals surface area (Å²) in [6, 6.07) is 7.29. The number of allylic oxidation sites excluding steroid dienone is 1. The fraction of sp³-hybridized carbons (Fsp3) is 0.0909. The van der Waals surface area contributed by atoms with Crippen molar-refractivity contribution < 1.29 is 4.79 Å². The molecule has 1 aromatic carbocycles. The van der Waals surface area contributed by atoms with E-state index < -0.39 is 0 Å². The van der Waals surface area contributed by atoms with E-state index in [1.807, 2.05) is 19.1 Å². The maximum Gasteiger partial charge on any atom is 0.150 e. The van der Waals surface area contributed by atoms with Crippen molar-refractivity contribution in [2.75, 3.05) is 0 Å². The maximum atomic E-state index is 10.5. The van der Waals surface area contributed by atoms with Gasteiger partial charge in [-0.25, -0.2) is 0 Å². The Morgan fingerprint density at radius 3 is 2.85 bits per heavy atom. The van der Waals surface area contributed by atoms with Crippen LogP contribution in [0.25, 0.3) is 6.08 Å². The summed E-state index contributed by atoms with van der Waals surface area (Å²) in [6.45, 7) is 1.94. The minimum absolute atomic E-state index is 0.628. The van der Waals surface area contributed by atoms with Crippen LogP contribution in [0.4, 0.5) is 0 Å². The van der Waals surface area contributed by atoms with Crippen LogP contribution >= 0.6 is 0 Å². The number of aldehydes is 1. The first-order valence-corrected chi connectivity index (χ1v) is 3.90. The molecule has 0 N–H and O–H groups in total. The second-order valence-corrected chi connectivity index (χ2v) is 2.70. The molecule has 1 rings (SSSR count). The van der Waals surface area contributed by atoms with Crippen LogP contribution in [0.1, 0.15) is 21.5 Å². The third-order valence-electron chi connectivity index (χ3n) is 1.78. The van der Waals surface area contributed by atoms with Gasteiger partial charge in [0.05, 0.1) is 6.07 Å². The molecule has 0 atom stereocenters. The second kappa shape index (κ2) is 4.22. The van der Waals surface area contributed by atoms with E-state index in [0.717, 1.165) is 17.4 Å². The van der Waals surface area contributed by atoms with Gasteiger partial charge in [0, 0.05) is 11.6 Å². The highest BCUT2D eigenvalue weighted by Gasteiger charge is 1.95. The van der Waals surface area contributed by atoms with Crippen molar-refractivity contribution in [2.45, 2.75) is 6.92 Å². The fourth-order valence-corrected chi connectivity index (χ4v) is 1.04. The Morgan fingerprint density at radius 1 is 1.46 bits per heavy atom. The fourth-order valence-electron chi connectivity index (χ4n) is 1.04. The first-order chi connectivity index (χ1) is 6.27. The highest BCUT2D eigenvalue weighted by Crippen LogP contribution is 2.11. The van der Waals surface area contributed by atoms with Gasteiger partial charge in [0.2, 0.25) is 0 Å². The maximum absolute atomic E-state index is 10.5. The van der Waals surface area contributed by atoms with Crippen LogP contribution in [0.3, 0.4) is 0 Å². The van der Waals surface area contributed by atoms with Crippen LogP contribution in [-0.4, -0.2) is 6.29 Å². The van der Waals surface area contributed by atoms with E-state index in [0.29, 0.717) is 5.56 Å². The smallest absolute Gasteiger partial charge is 0.150 e. The molecular weight excluding hydrogens is 162 g/mol. The van der Waals surface area contributed by atoms with Crippen LogP contribution in [0.2, 0.25) is 0 Å². The van der Waals surface area contributed by atoms with Gasteiger partial charge in [0.15, 0.2) is 0 Å². The first-order valence-electron chi connectivity index (χ1n) is 3.90. The van der Waals surface area contributed by atoms with Crippen LogP contribution in [0.5, 0.6) is 0 Å². The van der Waals surface area contributed by atoms with Crippen LogP contribution < -0.4 is 0 Å². The van der Waals surface area contributed by atoms with Crippen molar-refractivity contribution in [3.63, 3.8) is 0 Å². The normalized spacial score (nSPS) is 9.85. The van der Waals surface area contributed by atoms with Gasteiger partial charge < -0.3 is 0 Å². The van der Waals surface area contributed by atoms with Crippen LogP contribution in [0, 0.1) is 18.3 Å². The molecule has 13 heavy (non-hydrogen) atoms. The van der Waals surface area contributed by atoms with E-state index in [1.165, 1.54) is 6.08 Å². The minimum Gasteiger partial charge on any atom is -0.298 e. The second-order valence-electron chi connectivity index (χ2n) is 2.70. The molecular formula is C11H9NO. The van der Waals surface area contributed by atoms with Gasteiger partial charge in [-0.1, -0.05) is 12.1 Å². The summed E-state index contributed by atoms with van der Waals surface area (Å²) in [5.41, 5.74) is 2.59. The largest absolute Gasteiger partial charge is 0.298 e. The topological polar surface area (TPSA) is 40.9 Å². The molecule has 0 bridgehead atoms. The molecule has 0 aliphatic heterocycles. The zero-order valence-corrected chi connectivity index (χ0v) is 7.32. The number of benzene rings is 1. The standard InChI is InChI=1S/C11H9NO/c1-9-4-5-10(8-13)7-11(9)3-2-6-12/h2-5,7-8H,1H3. The lowest BCUT2D eigenvalue weighted by atomic mass is 10.1. The van der Waals surface area contributed by atoms with Crippen molar-refractivity contribution >= 4 is 12.4 Å². The molecule has 0 radical (unpaired) electrons. The average molecular weight is 171 g/mol. The Kier molecular flexibility index (Phi) is 2.99. The van der Waals surface area contributed by atoms with E-state index in [-0.39, 0.29) is 0 Å². The molecule has 0 aliphatic carbocycles. The SMILES string of the molecule is Cc1ccc(C=O)cc1C=CC#N. The summed E-state index contributed by atoms with van der Waals surface area (Å²) in [5, 5.41) is 8.34. The van der Waals surface area contributed by atoms with E-state index in [2.05, 4.69) is 0 Å². The predicted molar refractivity (Wildman–Crippen MR) is 51.2 cm³/mol. The number of hydrogen-bond donors (Lipinski definition) is 0. The quantitative estimate of drug-likeness (QED) is 0.506. The number of carbonyl (C=O) groups excluding carboxylic acids is 1. The van der Waals surface area contributed by atoms with Crippen molar-refractivity contribution in [3.05, 3.63) is 41.0 Å². The Hall–Kier alpha value is -1.88. The molecule has 0 saturated carbocycles. The van der Waals surface area contributed by atoms with Gasteiger partial charge >= 0.3 is 0 Å². The summed E-state index contributed by atoms with van der Waals surface area (Å²) in [6.07, 6.45) is 3.89. The Morgan fingerprint density at radius 2 is 2.23 bits per heavy atom. The Balaban J connectivity index is 3.12. The van der Waals surface area contributed by atoms with Gasteiger partial charge in [0.25, 0.3) is 0 Å². The molecule has 0 fully saturated rings. The molecule has 2 heteroatoms. The molecule has 0 aromatic heterocycles. The summed E-state index contributed by atoms with van der Waals surface area (Å²) in [4.78, 5) is 10.5. The molecule has 64 valence electrons. The minimum atomic E-state index is 0.628. The number of rotatable bonds is 2. The van der Waals surface area contributed by atoms with Crippen molar-refractivity contribution in [3.8, 4) is 6.07 Å². The van der Waals surface area contributed by atoms with Crippen molar-refractivity contribution in [1.82, 2.24) is 0 Å². The highest BCUT2D eigenvalue weighted by atomic mass is 16.1. The van der Waals surface area contributed by atoms with E-state index in [9.17, 15) is 4.79 Å². The summed E-state index contributed by atoms with van der Waals surface area (Å²) < 4.78 is 0. The van der Waals surface area contributed by atoms with E-state index >= 15 is 0 Å². The predicted octanol–water partition coefficient (Wildman–Crippen LogP) is 2.34. The molecule has 0 aliphatic rings. The third kappa shape index (κ3) is 2.28. The van der Waals surface area contributed by atoms with Gasteiger partial charge in [-0.15, -0.1) is 0 Å². The molecule has 0 saturated heterocycles. The molecule has 0 unspecified atom stereocenters. The monoisotopic (exact) mass is 171 g/mol. The zero-order chi connectivity index (χ0) is 9.68. The number of nitrogens with zero attached hydrogens (tertiary/aromatic N) is 1. The van der Waals surface area contributed by atoms with E-state index in [1.54, 1.807) is 18.2 Å². The van der Waals surface area contributed by atoms with Crippen molar-refractivity contribution in [2.24, 2.45) is 0 Å². The lowest BCUT2D eigenvalue weighted by Gasteiger charge is -1.99. The van der Waals surface area contributed by atoms with Gasteiger partial charge in [0.1, 0.15) is 6.29 Å². The molecule has 1 aromatic rings. The van der Waals surface area contributed by atoms with Crippen LogP contribution in [-0.2, 0) is 0 Å². The summed E-state index contributed by atoms with van der Waals surface area (Å²) >= 11 is 0. The third-order valence-corrected chi connectivity index (χ3v) is 1.78.